The number of nitrogens with one attached hydrogen (secondary N) is 2. The zero-order valence-corrected chi connectivity index (χ0v) is 13.7. The van der Waals surface area contributed by atoms with Crippen molar-refractivity contribution in [2.45, 2.75) is 19.9 Å². The minimum absolute atomic E-state index is 0.170. The lowest BCUT2D eigenvalue weighted by molar-refractivity contribution is -0.127. The van der Waals surface area contributed by atoms with E-state index in [1.54, 1.807) is 4.90 Å². The molecule has 0 radical (unpaired) electrons. The Morgan fingerprint density at radius 1 is 1.25 bits per heavy atom. The van der Waals surface area contributed by atoms with Crippen molar-refractivity contribution in [3.8, 4) is 0 Å². The number of rotatable bonds is 2. The maximum absolute atomic E-state index is 12.7. The number of amides is 3. The first kappa shape index (κ1) is 16.0. The van der Waals surface area contributed by atoms with Crippen molar-refractivity contribution in [3.05, 3.63) is 59.3 Å². The minimum Gasteiger partial charge on any atom is -0.352 e. The Bertz CT molecular complexity index is 741. The van der Waals surface area contributed by atoms with Crippen molar-refractivity contribution in [3.63, 3.8) is 0 Å². The van der Waals surface area contributed by atoms with Crippen molar-refractivity contribution in [1.82, 2.24) is 15.2 Å². The van der Waals surface area contributed by atoms with Crippen LogP contribution in [0.3, 0.4) is 0 Å². The summed E-state index contributed by atoms with van der Waals surface area (Å²) in [5, 5.41) is 5.63. The van der Waals surface area contributed by atoms with Gasteiger partial charge in [0.2, 0.25) is 5.91 Å². The van der Waals surface area contributed by atoms with E-state index in [0.717, 1.165) is 16.8 Å². The van der Waals surface area contributed by atoms with Gasteiger partial charge in [0.25, 0.3) is 0 Å². The smallest absolute Gasteiger partial charge is 0.324 e. The number of pyridine rings is 1. The van der Waals surface area contributed by atoms with E-state index in [1.165, 1.54) is 0 Å². The number of urea groups is 1. The second kappa shape index (κ2) is 6.70. The van der Waals surface area contributed by atoms with Gasteiger partial charge in [0, 0.05) is 18.8 Å². The van der Waals surface area contributed by atoms with Crippen molar-refractivity contribution in [2.24, 2.45) is 0 Å². The predicted octanol–water partition coefficient (Wildman–Crippen LogP) is 2.40. The lowest BCUT2D eigenvalue weighted by Crippen LogP contribution is -2.53. The molecule has 0 unspecified atom stereocenters. The molecule has 3 rings (SSSR count). The minimum atomic E-state index is -0.633. The van der Waals surface area contributed by atoms with Crippen LogP contribution in [0.4, 0.5) is 10.6 Å². The van der Waals surface area contributed by atoms with E-state index in [4.69, 9.17) is 0 Å². The molecule has 24 heavy (non-hydrogen) atoms. The number of hydrogen-bond donors (Lipinski definition) is 2. The molecule has 1 aromatic heterocycles. The van der Waals surface area contributed by atoms with Crippen molar-refractivity contribution < 1.29 is 9.59 Å². The van der Waals surface area contributed by atoms with Gasteiger partial charge in [-0.05, 0) is 37.1 Å². The number of hydrogen-bond acceptors (Lipinski definition) is 3. The van der Waals surface area contributed by atoms with Gasteiger partial charge in [-0.15, -0.1) is 0 Å². The molecule has 1 saturated heterocycles. The van der Waals surface area contributed by atoms with Gasteiger partial charge < -0.3 is 10.2 Å². The zero-order chi connectivity index (χ0) is 17.1. The second-order valence-electron chi connectivity index (χ2n) is 5.90. The number of anilines is 1. The van der Waals surface area contributed by atoms with Crippen LogP contribution in [0.5, 0.6) is 0 Å². The number of piperazine rings is 1. The molecule has 2 N–H and O–H groups in total. The Morgan fingerprint density at radius 3 is 2.71 bits per heavy atom. The number of benzene rings is 1. The lowest BCUT2D eigenvalue weighted by atomic mass is 10.0. The molecular weight excluding hydrogens is 304 g/mol. The van der Waals surface area contributed by atoms with Crippen molar-refractivity contribution >= 4 is 17.8 Å². The van der Waals surface area contributed by atoms with Crippen molar-refractivity contribution in [2.75, 3.05) is 18.4 Å². The first-order valence-corrected chi connectivity index (χ1v) is 7.90. The molecule has 6 nitrogen and oxygen atoms in total. The fourth-order valence-corrected chi connectivity index (χ4v) is 2.94. The number of carbonyl (C=O) groups is 2. The summed E-state index contributed by atoms with van der Waals surface area (Å²) in [5.41, 5.74) is 2.65. The Balaban J connectivity index is 1.85. The Hall–Kier alpha value is -2.89. The highest BCUT2D eigenvalue weighted by Crippen LogP contribution is 2.24. The molecule has 2 aromatic rings. The lowest BCUT2D eigenvalue weighted by Gasteiger charge is -2.35. The molecule has 6 heteroatoms. The van der Waals surface area contributed by atoms with Gasteiger partial charge in [-0.2, -0.15) is 0 Å². The van der Waals surface area contributed by atoms with E-state index in [9.17, 15) is 9.59 Å². The highest BCUT2D eigenvalue weighted by molar-refractivity contribution is 5.94. The fraction of sp³-hybridized carbons (Fsp3) is 0.278. The molecule has 1 aliphatic rings. The van der Waals surface area contributed by atoms with Crippen LogP contribution in [0.25, 0.3) is 0 Å². The number of aryl methyl sites for hydroxylation is 2. The summed E-state index contributed by atoms with van der Waals surface area (Å²) >= 11 is 0. The van der Waals surface area contributed by atoms with Crippen LogP contribution in [0.15, 0.2) is 42.5 Å². The number of aromatic nitrogens is 1. The van der Waals surface area contributed by atoms with Gasteiger partial charge in [0.1, 0.15) is 11.9 Å². The normalized spacial score (nSPS) is 17.3. The third-order valence-corrected chi connectivity index (χ3v) is 3.92. The quantitative estimate of drug-likeness (QED) is 0.891. The van der Waals surface area contributed by atoms with E-state index in [1.807, 2.05) is 56.3 Å². The van der Waals surface area contributed by atoms with Crippen molar-refractivity contribution in [1.29, 1.82) is 0 Å². The average Bonchev–Trinajstić information content (AvgIpc) is 2.54. The molecule has 0 aliphatic carbocycles. The second-order valence-corrected chi connectivity index (χ2v) is 5.90. The summed E-state index contributed by atoms with van der Waals surface area (Å²) in [4.78, 5) is 30.9. The first-order chi connectivity index (χ1) is 11.5. The van der Waals surface area contributed by atoms with Gasteiger partial charge in [-0.25, -0.2) is 9.78 Å². The zero-order valence-electron chi connectivity index (χ0n) is 13.7. The Kier molecular flexibility index (Phi) is 4.46. The molecule has 0 bridgehead atoms. The van der Waals surface area contributed by atoms with Crippen LogP contribution in [-0.2, 0) is 4.79 Å². The van der Waals surface area contributed by atoms with Crippen LogP contribution in [0, 0.1) is 13.8 Å². The summed E-state index contributed by atoms with van der Waals surface area (Å²) in [7, 11) is 0. The SMILES string of the molecule is Cc1cc(C)nc(NC(=O)N2CCNC(=O)[C@H]2c2ccccc2)c1. The van der Waals surface area contributed by atoms with E-state index in [0.29, 0.717) is 18.9 Å². The van der Waals surface area contributed by atoms with E-state index in [-0.39, 0.29) is 11.9 Å². The molecule has 124 valence electrons. The summed E-state index contributed by atoms with van der Waals surface area (Å²) in [6, 6.07) is 12.1. The topological polar surface area (TPSA) is 74.3 Å². The first-order valence-electron chi connectivity index (χ1n) is 7.90. The molecular formula is C18H20N4O2. The monoisotopic (exact) mass is 324 g/mol. The highest BCUT2D eigenvalue weighted by atomic mass is 16.2. The average molecular weight is 324 g/mol. The number of nitrogens with zero attached hydrogens (tertiary/aromatic N) is 2. The third-order valence-electron chi connectivity index (χ3n) is 3.92. The molecule has 3 amide bonds. The third kappa shape index (κ3) is 3.37. The van der Waals surface area contributed by atoms with E-state index < -0.39 is 6.04 Å². The van der Waals surface area contributed by atoms with E-state index >= 15 is 0 Å². The standard InChI is InChI=1S/C18H20N4O2/c1-12-10-13(2)20-15(11-12)21-18(24)22-9-8-19-17(23)16(22)14-6-4-3-5-7-14/h3-7,10-11,16H,8-9H2,1-2H3,(H,19,23)(H,20,21,24)/t16-/m1/s1. The van der Waals surface area contributed by atoms with Crippen LogP contribution in [-0.4, -0.2) is 34.9 Å². The summed E-state index contributed by atoms with van der Waals surface area (Å²) in [6.07, 6.45) is 0. The molecule has 0 saturated carbocycles. The Labute approximate surface area is 140 Å². The van der Waals surface area contributed by atoms with Gasteiger partial charge in [0.05, 0.1) is 0 Å². The summed E-state index contributed by atoms with van der Waals surface area (Å²) < 4.78 is 0. The van der Waals surface area contributed by atoms with Crippen LogP contribution < -0.4 is 10.6 Å². The van der Waals surface area contributed by atoms with Gasteiger partial charge in [-0.1, -0.05) is 30.3 Å². The fourth-order valence-electron chi connectivity index (χ4n) is 2.94. The van der Waals surface area contributed by atoms with Crippen LogP contribution in [0.1, 0.15) is 22.9 Å². The molecule has 2 heterocycles. The van der Waals surface area contributed by atoms with Gasteiger partial charge >= 0.3 is 6.03 Å². The summed E-state index contributed by atoms with van der Waals surface area (Å²) in [5.74, 6) is 0.325. The highest BCUT2D eigenvalue weighted by Gasteiger charge is 2.34. The molecule has 1 fully saturated rings. The number of carbonyl (C=O) groups excluding carboxylic acids is 2. The predicted molar refractivity (Wildman–Crippen MR) is 91.6 cm³/mol. The van der Waals surface area contributed by atoms with Crippen LogP contribution in [0.2, 0.25) is 0 Å². The van der Waals surface area contributed by atoms with Gasteiger partial charge in [0.15, 0.2) is 0 Å². The maximum Gasteiger partial charge on any atom is 0.324 e. The van der Waals surface area contributed by atoms with Gasteiger partial charge in [-0.3, -0.25) is 10.1 Å². The van der Waals surface area contributed by atoms with E-state index in [2.05, 4.69) is 15.6 Å². The molecule has 1 atom stereocenters. The molecule has 0 spiro atoms. The molecule has 1 aliphatic heterocycles. The van der Waals surface area contributed by atoms with Crippen LogP contribution >= 0.6 is 0 Å². The largest absolute Gasteiger partial charge is 0.352 e. The summed E-state index contributed by atoms with van der Waals surface area (Å²) in [6.45, 7) is 4.72. The maximum atomic E-state index is 12.7. The molecule has 1 aromatic carbocycles. The Morgan fingerprint density at radius 2 is 2.00 bits per heavy atom.